The van der Waals surface area contributed by atoms with E-state index in [1.165, 1.54) is 148 Å². The molecular formula is C34H52S2. The predicted octanol–water partition coefficient (Wildman–Crippen LogP) is 12.4. The van der Waals surface area contributed by atoms with E-state index in [1.807, 2.05) is 21.6 Å². The Hall–Kier alpha value is -0.860. The number of hydrogen-bond acceptors (Lipinski definition) is 2. The summed E-state index contributed by atoms with van der Waals surface area (Å²) in [5.41, 5.74) is 9.10. The van der Waals surface area contributed by atoms with Gasteiger partial charge in [-0.05, 0) is 97.2 Å². The highest BCUT2D eigenvalue weighted by Crippen LogP contribution is 2.52. The first-order valence-electron chi connectivity index (χ1n) is 15.3. The van der Waals surface area contributed by atoms with Gasteiger partial charge >= 0.3 is 0 Å². The average molecular weight is 525 g/mol. The monoisotopic (exact) mass is 524 g/mol. The molecule has 0 bridgehead atoms. The van der Waals surface area contributed by atoms with Crippen molar-refractivity contribution in [3.05, 3.63) is 46.5 Å². The number of hydrogen-bond donors (Lipinski definition) is 0. The van der Waals surface area contributed by atoms with Crippen molar-refractivity contribution in [2.24, 2.45) is 0 Å². The largest absolute Gasteiger partial charge is 0.0654 e. The molecule has 0 saturated carbocycles. The van der Waals surface area contributed by atoms with Crippen LogP contribution in [0.1, 0.15) is 139 Å². The molecule has 0 nitrogen and oxygen atoms in total. The molecule has 0 saturated heterocycles. The zero-order valence-electron chi connectivity index (χ0n) is 23.9. The molecule has 0 amide bonds. The quantitative estimate of drug-likeness (QED) is 0.140. The summed E-state index contributed by atoms with van der Waals surface area (Å²) in [6.45, 7) is 9.25. The fourth-order valence-corrected chi connectivity index (χ4v) is 8.05. The van der Waals surface area contributed by atoms with Gasteiger partial charge < -0.3 is 0 Å². The zero-order valence-corrected chi connectivity index (χ0v) is 25.5. The van der Waals surface area contributed by atoms with E-state index in [1.54, 1.807) is 11.1 Å². The third kappa shape index (κ3) is 9.46. The van der Waals surface area contributed by atoms with E-state index in [0.29, 0.717) is 0 Å². The number of fused-ring (bicyclic) bond motifs is 3. The molecule has 0 aromatic heterocycles. The second-order valence-corrected chi connectivity index (χ2v) is 13.4. The molecule has 2 aromatic rings. The van der Waals surface area contributed by atoms with E-state index in [9.17, 15) is 0 Å². The Morgan fingerprint density at radius 3 is 1.14 bits per heavy atom. The average Bonchev–Trinajstić information content (AvgIpc) is 2.87. The van der Waals surface area contributed by atoms with E-state index >= 15 is 0 Å². The standard InChI is InChI=1S/C34H52S2/c1-5-7-9-11-13-15-17-19-21-29-25-31-32-26-30(22-20-18-16-14-12-10-8-6-2)28(4)24-34(32)36-35-33(31)23-27(29)3/h23-26H,5-22H2,1-4H3. The fraction of sp³-hybridized carbons (Fsp3) is 0.647. The summed E-state index contributed by atoms with van der Waals surface area (Å²) in [6.07, 6.45) is 24.8. The van der Waals surface area contributed by atoms with Crippen LogP contribution < -0.4 is 0 Å². The van der Waals surface area contributed by atoms with Crippen molar-refractivity contribution < 1.29 is 0 Å². The molecule has 0 spiro atoms. The Balaban J connectivity index is 1.56. The SMILES string of the molecule is CCCCCCCCCCc1cc2c(cc1C)SSc1cc(C)c(CCCCCCCCCC)cc1-2. The molecule has 36 heavy (non-hydrogen) atoms. The maximum atomic E-state index is 2.55. The van der Waals surface area contributed by atoms with Crippen molar-refractivity contribution in [1.82, 2.24) is 0 Å². The minimum absolute atomic E-state index is 1.23. The highest BCUT2D eigenvalue weighted by molar-refractivity contribution is 8.76. The molecule has 1 heterocycles. The Morgan fingerprint density at radius 1 is 0.444 bits per heavy atom. The van der Waals surface area contributed by atoms with Gasteiger partial charge in [-0.25, -0.2) is 0 Å². The molecule has 2 heteroatoms. The van der Waals surface area contributed by atoms with Crippen molar-refractivity contribution in [2.75, 3.05) is 0 Å². The lowest BCUT2D eigenvalue weighted by Gasteiger charge is -2.23. The summed E-state index contributed by atoms with van der Waals surface area (Å²) in [5.74, 6) is 0. The van der Waals surface area contributed by atoms with Gasteiger partial charge in [0, 0.05) is 9.79 Å². The van der Waals surface area contributed by atoms with Gasteiger partial charge in [-0.3, -0.25) is 0 Å². The summed E-state index contributed by atoms with van der Waals surface area (Å²) in [7, 11) is 3.92. The van der Waals surface area contributed by atoms with Crippen molar-refractivity contribution >= 4 is 21.6 Å². The van der Waals surface area contributed by atoms with Crippen LogP contribution in [-0.4, -0.2) is 0 Å². The lowest BCUT2D eigenvalue weighted by atomic mass is 9.92. The van der Waals surface area contributed by atoms with Crippen LogP contribution in [0.3, 0.4) is 0 Å². The van der Waals surface area contributed by atoms with E-state index in [-0.39, 0.29) is 0 Å². The van der Waals surface area contributed by atoms with Crippen LogP contribution in [0.15, 0.2) is 34.1 Å². The lowest BCUT2D eigenvalue weighted by Crippen LogP contribution is -1.99. The lowest BCUT2D eigenvalue weighted by molar-refractivity contribution is 0.575. The van der Waals surface area contributed by atoms with Crippen molar-refractivity contribution in [3.63, 3.8) is 0 Å². The molecule has 1 aliphatic rings. The van der Waals surface area contributed by atoms with Gasteiger partial charge in [-0.15, -0.1) is 0 Å². The van der Waals surface area contributed by atoms with Crippen LogP contribution in [-0.2, 0) is 12.8 Å². The van der Waals surface area contributed by atoms with Gasteiger partial charge in [0.25, 0.3) is 0 Å². The van der Waals surface area contributed by atoms with Gasteiger partial charge in [0.15, 0.2) is 0 Å². The Kier molecular flexibility index (Phi) is 13.9. The second kappa shape index (κ2) is 16.9. The number of unbranched alkanes of at least 4 members (excludes halogenated alkanes) is 14. The van der Waals surface area contributed by atoms with Crippen LogP contribution in [0.4, 0.5) is 0 Å². The highest BCUT2D eigenvalue weighted by Gasteiger charge is 2.20. The summed E-state index contributed by atoms with van der Waals surface area (Å²) < 4.78 is 0. The summed E-state index contributed by atoms with van der Waals surface area (Å²) in [6, 6.07) is 10.0. The number of benzene rings is 2. The zero-order chi connectivity index (χ0) is 25.6. The van der Waals surface area contributed by atoms with E-state index in [0.717, 1.165) is 0 Å². The van der Waals surface area contributed by atoms with Gasteiger partial charge in [0.2, 0.25) is 0 Å². The van der Waals surface area contributed by atoms with Crippen molar-refractivity contribution in [1.29, 1.82) is 0 Å². The van der Waals surface area contributed by atoms with E-state index < -0.39 is 0 Å². The topological polar surface area (TPSA) is 0 Å². The van der Waals surface area contributed by atoms with Crippen LogP contribution in [0.2, 0.25) is 0 Å². The summed E-state index contributed by atoms with van der Waals surface area (Å²) in [4.78, 5) is 2.93. The fourth-order valence-electron chi connectivity index (χ4n) is 5.54. The number of aryl methyl sites for hydroxylation is 4. The molecule has 3 rings (SSSR count). The second-order valence-electron chi connectivity index (χ2n) is 11.2. The third-order valence-corrected chi connectivity index (χ3v) is 10.4. The first kappa shape index (κ1) is 29.7. The van der Waals surface area contributed by atoms with Crippen molar-refractivity contribution in [3.8, 4) is 11.1 Å². The third-order valence-electron chi connectivity index (χ3n) is 7.99. The molecule has 0 radical (unpaired) electrons. The highest BCUT2D eigenvalue weighted by atomic mass is 33.1. The molecule has 2 aromatic carbocycles. The molecule has 0 unspecified atom stereocenters. The maximum absolute atomic E-state index is 2.55. The first-order chi connectivity index (χ1) is 17.6. The molecule has 1 aliphatic heterocycles. The molecule has 200 valence electrons. The van der Waals surface area contributed by atoms with Gasteiger partial charge in [0.1, 0.15) is 0 Å². The molecule has 0 fully saturated rings. The maximum Gasteiger partial charge on any atom is 0.0268 e. The minimum atomic E-state index is 1.23. The summed E-state index contributed by atoms with van der Waals surface area (Å²) in [5, 5.41) is 0. The van der Waals surface area contributed by atoms with E-state index in [2.05, 4.69) is 52.0 Å². The van der Waals surface area contributed by atoms with Crippen LogP contribution in [0.5, 0.6) is 0 Å². The smallest absolute Gasteiger partial charge is 0.0268 e. The van der Waals surface area contributed by atoms with Gasteiger partial charge in [0.05, 0.1) is 0 Å². The molecule has 0 aliphatic carbocycles. The van der Waals surface area contributed by atoms with Crippen LogP contribution in [0.25, 0.3) is 11.1 Å². The normalized spacial score (nSPS) is 12.6. The minimum Gasteiger partial charge on any atom is -0.0654 e. The predicted molar refractivity (Wildman–Crippen MR) is 166 cm³/mol. The Labute approximate surface area is 231 Å². The van der Waals surface area contributed by atoms with Crippen molar-refractivity contribution in [2.45, 2.75) is 153 Å². The van der Waals surface area contributed by atoms with E-state index in [4.69, 9.17) is 0 Å². The Bertz CT molecular complexity index is 838. The summed E-state index contributed by atoms with van der Waals surface area (Å²) >= 11 is 0. The van der Waals surface area contributed by atoms with Crippen LogP contribution in [0, 0.1) is 13.8 Å². The number of rotatable bonds is 18. The molecule has 0 atom stereocenters. The van der Waals surface area contributed by atoms with Gasteiger partial charge in [-0.1, -0.05) is 125 Å². The first-order valence-corrected chi connectivity index (χ1v) is 17.4. The van der Waals surface area contributed by atoms with Gasteiger partial charge in [-0.2, -0.15) is 0 Å². The molecule has 0 N–H and O–H groups in total. The van der Waals surface area contributed by atoms with Crippen LogP contribution >= 0.6 is 21.6 Å². The molecular weight excluding hydrogens is 473 g/mol. The Morgan fingerprint density at radius 2 is 0.778 bits per heavy atom.